The first kappa shape index (κ1) is 14.8. The number of thiazole rings is 1. The van der Waals surface area contributed by atoms with Crippen molar-refractivity contribution in [3.8, 4) is 0 Å². The molecule has 1 aromatic heterocycles. The quantitative estimate of drug-likeness (QED) is 0.880. The molecule has 4 nitrogen and oxygen atoms in total. The molecule has 0 radical (unpaired) electrons. The minimum absolute atomic E-state index is 0.189. The lowest BCUT2D eigenvalue weighted by molar-refractivity contribution is -0.131. The van der Waals surface area contributed by atoms with Gasteiger partial charge < -0.3 is 10.6 Å². The maximum Gasteiger partial charge on any atom is 0.233 e. The van der Waals surface area contributed by atoms with E-state index in [2.05, 4.69) is 11.1 Å². The molecular formula is C15H19N3OS2. The Morgan fingerprint density at radius 2 is 2.29 bits per heavy atom. The van der Waals surface area contributed by atoms with Crippen LogP contribution in [0.1, 0.15) is 19.3 Å². The van der Waals surface area contributed by atoms with E-state index in [9.17, 15) is 4.79 Å². The highest BCUT2D eigenvalue weighted by Crippen LogP contribution is 2.29. The number of carbonyl (C=O) groups is 1. The van der Waals surface area contributed by atoms with E-state index in [0.717, 1.165) is 29.2 Å². The van der Waals surface area contributed by atoms with Gasteiger partial charge >= 0.3 is 0 Å². The van der Waals surface area contributed by atoms with Crippen LogP contribution in [-0.4, -0.2) is 40.7 Å². The molecule has 1 aliphatic heterocycles. The van der Waals surface area contributed by atoms with Crippen LogP contribution in [0, 0.1) is 0 Å². The summed E-state index contributed by atoms with van der Waals surface area (Å²) in [7, 11) is 0. The molecule has 1 aliphatic rings. The van der Waals surface area contributed by atoms with Crippen LogP contribution in [0.25, 0.3) is 10.2 Å². The summed E-state index contributed by atoms with van der Waals surface area (Å²) in [6, 6.07) is 8.30. The molecule has 1 unspecified atom stereocenters. The van der Waals surface area contributed by atoms with Crippen LogP contribution in [-0.2, 0) is 4.79 Å². The van der Waals surface area contributed by atoms with Crippen LogP contribution in [0.2, 0.25) is 0 Å². The molecule has 1 fully saturated rings. The zero-order valence-electron chi connectivity index (χ0n) is 11.8. The topological polar surface area (TPSA) is 59.2 Å². The molecule has 2 heterocycles. The van der Waals surface area contributed by atoms with Crippen LogP contribution < -0.4 is 5.73 Å². The van der Waals surface area contributed by atoms with Crippen molar-refractivity contribution in [1.29, 1.82) is 0 Å². The minimum Gasteiger partial charge on any atom is -0.338 e. The standard InChI is InChI=1S/C15H19N3OS2/c16-9-11-5-3-4-8-18(11)14(19)10-20-15-17-12-6-1-2-7-13(12)21-15/h1-2,6-7,11H,3-5,8-10,16H2. The maximum atomic E-state index is 12.4. The molecule has 0 saturated carbocycles. The van der Waals surface area contributed by atoms with Crippen LogP contribution in [0.3, 0.4) is 0 Å². The SMILES string of the molecule is NCC1CCCCN1C(=O)CSc1nc2ccccc2s1. The van der Waals surface area contributed by atoms with E-state index in [4.69, 9.17) is 5.73 Å². The molecule has 1 atom stereocenters. The molecule has 0 bridgehead atoms. The van der Waals surface area contributed by atoms with Gasteiger partial charge in [-0.05, 0) is 31.4 Å². The molecule has 112 valence electrons. The normalized spacial score (nSPS) is 19.1. The summed E-state index contributed by atoms with van der Waals surface area (Å²) < 4.78 is 2.14. The second-order valence-electron chi connectivity index (χ2n) is 5.21. The van der Waals surface area contributed by atoms with Crippen molar-refractivity contribution >= 4 is 39.2 Å². The van der Waals surface area contributed by atoms with E-state index >= 15 is 0 Å². The number of nitrogens with two attached hydrogens (primary N) is 1. The fourth-order valence-corrected chi connectivity index (χ4v) is 4.65. The third-order valence-corrected chi connectivity index (χ3v) is 5.98. The lowest BCUT2D eigenvalue weighted by Crippen LogP contribution is -2.48. The number of aromatic nitrogens is 1. The van der Waals surface area contributed by atoms with E-state index in [-0.39, 0.29) is 11.9 Å². The Bertz CT molecular complexity index is 595. The number of likely N-dealkylation sites (tertiary alicyclic amines) is 1. The second-order valence-corrected chi connectivity index (χ2v) is 7.46. The molecule has 3 rings (SSSR count). The Morgan fingerprint density at radius 3 is 3.10 bits per heavy atom. The van der Waals surface area contributed by atoms with Crippen LogP contribution >= 0.6 is 23.1 Å². The predicted octanol–water partition coefficient (Wildman–Crippen LogP) is 2.73. The van der Waals surface area contributed by atoms with Gasteiger partial charge in [0, 0.05) is 19.1 Å². The molecule has 2 aromatic rings. The molecule has 6 heteroatoms. The number of nitrogens with zero attached hydrogens (tertiary/aromatic N) is 2. The number of fused-ring (bicyclic) bond motifs is 1. The van der Waals surface area contributed by atoms with Crippen molar-refractivity contribution in [2.24, 2.45) is 5.73 Å². The van der Waals surface area contributed by atoms with Gasteiger partial charge in [0.25, 0.3) is 0 Å². The molecule has 1 saturated heterocycles. The molecule has 0 aliphatic carbocycles. The van der Waals surface area contributed by atoms with Gasteiger partial charge in [0.1, 0.15) is 0 Å². The molecule has 1 aromatic carbocycles. The van der Waals surface area contributed by atoms with Crippen LogP contribution in [0.15, 0.2) is 28.6 Å². The largest absolute Gasteiger partial charge is 0.338 e. The van der Waals surface area contributed by atoms with E-state index in [1.165, 1.54) is 22.9 Å². The average molecular weight is 321 g/mol. The monoisotopic (exact) mass is 321 g/mol. The van der Waals surface area contributed by atoms with E-state index in [0.29, 0.717) is 12.3 Å². The zero-order valence-corrected chi connectivity index (χ0v) is 13.5. The number of rotatable bonds is 4. The van der Waals surface area contributed by atoms with Gasteiger partial charge in [0.15, 0.2) is 4.34 Å². The van der Waals surface area contributed by atoms with Gasteiger partial charge in [-0.3, -0.25) is 4.79 Å². The number of hydrogen-bond acceptors (Lipinski definition) is 5. The number of thioether (sulfide) groups is 1. The van der Waals surface area contributed by atoms with Gasteiger partial charge in [-0.1, -0.05) is 23.9 Å². The average Bonchev–Trinajstić information content (AvgIpc) is 2.95. The highest BCUT2D eigenvalue weighted by Gasteiger charge is 2.25. The Labute approximate surface area is 132 Å². The summed E-state index contributed by atoms with van der Waals surface area (Å²) in [5, 5.41) is 0. The Balaban J connectivity index is 1.62. The van der Waals surface area contributed by atoms with Crippen LogP contribution in [0.4, 0.5) is 0 Å². The van der Waals surface area contributed by atoms with E-state index in [1.807, 2.05) is 23.1 Å². The van der Waals surface area contributed by atoms with Gasteiger partial charge in [0.2, 0.25) is 5.91 Å². The Morgan fingerprint density at radius 1 is 1.43 bits per heavy atom. The molecular weight excluding hydrogens is 302 g/mol. The first-order chi connectivity index (χ1) is 10.3. The van der Waals surface area contributed by atoms with Crippen molar-refractivity contribution in [3.05, 3.63) is 24.3 Å². The van der Waals surface area contributed by atoms with Crippen molar-refractivity contribution < 1.29 is 4.79 Å². The number of hydrogen-bond donors (Lipinski definition) is 1. The minimum atomic E-state index is 0.189. The third-order valence-electron chi connectivity index (χ3n) is 3.81. The fourth-order valence-electron chi connectivity index (χ4n) is 2.69. The first-order valence-electron chi connectivity index (χ1n) is 7.26. The Hall–Kier alpha value is -1.11. The summed E-state index contributed by atoms with van der Waals surface area (Å²) in [4.78, 5) is 18.9. The van der Waals surface area contributed by atoms with Crippen molar-refractivity contribution in [3.63, 3.8) is 0 Å². The molecule has 1 amide bonds. The Kier molecular flexibility index (Phi) is 4.77. The lowest BCUT2D eigenvalue weighted by Gasteiger charge is -2.35. The molecule has 2 N–H and O–H groups in total. The summed E-state index contributed by atoms with van der Waals surface area (Å²) in [5.41, 5.74) is 6.79. The number of carbonyl (C=O) groups excluding carboxylic acids is 1. The lowest BCUT2D eigenvalue weighted by atomic mass is 10.0. The summed E-state index contributed by atoms with van der Waals surface area (Å²) in [6.45, 7) is 1.42. The zero-order chi connectivity index (χ0) is 14.7. The van der Waals surface area contributed by atoms with Gasteiger partial charge in [0.05, 0.1) is 16.0 Å². The van der Waals surface area contributed by atoms with E-state index in [1.54, 1.807) is 11.3 Å². The summed E-state index contributed by atoms with van der Waals surface area (Å²) >= 11 is 3.18. The number of amides is 1. The van der Waals surface area contributed by atoms with Crippen molar-refractivity contribution in [2.75, 3.05) is 18.8 Å². The molecule has 0 spiro atoms. The van der Waals surface area contributed by atoms with E-state index < -0.39 is 0 Å². The number of para-hydroxylation sites is 1. The highest BCUT2D eigenvalue weighted by atomic mass is 32.2. The summed E-state index contributed by atoms with van der Waals surface area (Å²) in [5.74, 6) is 0.644. The van der Waals surface area contributed by atoms with Crippen LogP contribution in [0.5, 0.6) is 0 Å². The van der Waals surface area contributed by atoms with Gasteiger partial charge in [-0.2, -0.15) is 0 Å². The smallest absolute Gasteiger partial charge is 0.233 e. The number of piperidine rings is 1. The van der Waals surface area contributed by atoms with Crippen molar-refractivity contribution in [2.45, 2.75) is 29.6 Å². The predicted molar refractivity (Wildman–Crippen MR) is 88.8 cm³/mol. The maximum absolute atomic E-state index is 12.4. The van der Waals surface area contributed by atoms with Gasteiger partial charge in [-0.25, -0.2) is 4.98 Å². The second kappa shape index (κ2) is 6.77. The van der Waals surface area contributed by atoms with Crippen molar-refractivity contribution in [1.82, 2.24) is 9.88 Å². The summed E-state index contributed by atoms with van der Waals surface area (Å²) in [6.07, 6.45) is 3.30. The third kappa shape index (κ3) is 3.39. The fraction of sp³-hybridized carbons (Fsp3) is 0.467. The highest BCUT2D eigenvalue weighted by molar-refractivity contribution is 8.01. The number of benzene rings is 1. The van der Waals surface area contributed by atoms with Gasteiger partial charge in [-0.15, -0.1) is 11.3 Å². The molecule has 21 heavy (non-hydrogen) atoms. The first-order valence-corrected chi connectivity index (χ1v) is 9.06.